The number of likely N-dealkylation sites (tertiary alicyclic amines) is 1. The van der Waals surface area contributed by atoms with Crippen LogP contribution in [0.1, 0.15) is 25.0 Å². The Kier molecular flexibility index (Phi) is 3.24. The van der Waals surface area contributed by atoms with E-state index >= 15 is 0 Å². The van der Waals surface area contributed by atoms with Crippen LogP contribution >= 0.6 is 0 Å². The largest absolute Gasteiger partial charge is 0.480 e. The van der Waals surface area contributed by atoms with E-state index in [2.05, 4.69) is 5.10 Å². The van der Waals surface area contributed by atoms with E-state index in [9.17, 15) is 4.79 Å². The Labute approximate surface area is 94.7 Å². The molecule has 0 bridgehead atoms. The molecule has 5 nitrogen and oxygen atoms in total. The highest BCUT2D eigenvalue weighted by molar-refractivity contribution is 5.73. The fourth-order valence-electron chi connectivity index (χ4n) is 2.22. The lowest BCUT2D eigenvalue weighted by Gasteiger charge is -2.32. The fraction of sp³-hybridized carbons (Fsp3) is 0.636. The second-order valence-corrected chi connectivity index (χ2v) is 4.30. The molecule has 1 aromatic rings. The van der Waals surface area contributed by atoms with Crippen molar-refractivity contribution in [1.82, 2.24) is 14.7 Å². The van der Waals surface area contributed by atoms with Gasteiger partial charge in [-0.15, -0.1) is 0 Å². The zero-order chi connectivity index (χ0) is 11.5. The second kappa shape index (κ2) is 4.65. The molecule has 5 heteroatoms. The van der Waals surface area contributed by atoms with Gasteiger partial charge in [0.05, 0.1) is 5.69 Å². The minimum Gasteiger partial charge on any atom is -0.480 e. The van der Waals surface area contributed by atoms with Crippen molar-refractivity contribution in [3.63, 3.8) is 0 Å². The van der Waals surface area contributed by atoms with E-state index in [0.29, 0.717) is 6.54 Å². The van der Waals surface area contributed by atoms with E-state index in [1.54, 1.807) is 4.68 Å². The molecule has 1 saturated heterocycles. The van der Waals surface area contributed by atoms with Gasteiger partial charge in [-0.1, -0.05) is 6.42 Å². The van der Waals surface area contributed by atoms with Crippen LogP contribution < -0.4 is 0 Å². The SMILES string of the molecule is Cn1ccc(CN2CCCCC2C(=O)O)n1. The number of hydrogen-bond acceptors (Lipinski definition) is 3. The highest BCUT2D eigenvalue weighted by atomic mass is 16.4. The molecule has 0 spiro atoms. The topological polar surface area (TPSA) is 58.4 Å². The third kappa shape index (κ3) is 2.41. The van der Waals surface area contributed by atoms with Gasteiger partial charge in [-0.2, -0.15) is 5.10 Å². The molecule has 0 radical (unpaired) electrons. The van der Waals surface area contributed by atoms with Crippen LogP contribution in [0, 0.1) is 0 Å². The molecule has 1 N–H and O–H groups in total. The second-order valence-electron chi connectivity index (χ2n) is 4.30. The van der Waals surface area contributed by atoms with Crippen molar-refractivity contribution in [3.05, 3.63) is 18.0 Å². The first-order valence-corrected chi connectivity index (χ1v) is 5.62. The van der Waals surface area contributed by atoms with Gasteiger partial charge in [0, 0.05) is 19.8 Å². The first-order chi connectivity index (χ1) is 7.66. The van der Waals surface area contributed by atoms with E-state index in [-0.39, 0.29) is 6.04 Å². The molecule has 1 atom stereocenters. The first-order valence-electron chi connectivity index (χ1n) is 5.62. The Balaban J connectivity index is 2.03. The zero-order valence-corrected chi connectivity index (χ0v) is 9.46. The number of nitrogens with zero attached hydrogens (tertiary/aromatic N) is 3. The number of aromatic nitrogens is 2. The number of rotatable bonds is 3. The number of piperidine rings is 1. The molecule has 16 heavy (non-hydrogen) atoms. The number of hydrogen-bond donors (Lipinski definition) is 1. The van der Waals surface area contributed by atoms with Crippen LogP contribution in [0.3, 0.4) is 0 Å². The first kappa shape index (κ1) is 11.1. The van der Waals surface area contributed by atoms with Gasteiger partial charge < -0.3 is 5.11 Å². The summed E-state index contributed by atoms with van der Waals surface area (Å²) in [6, 6.07) is 1.60. The van der Waals surface area contributed by atoms with Gasteiger partial charge in [-0.25, -0.2) is 0 Å². The van der Waals surface area contributed by atoms with Crippen LogP contribution in [0.2, 0.25) is 0 Å². The molecule has 1 fully saturated rings. The van der Waals surface area contributed by atoms with Gasteiger partial charge in [0.2, 0.25) is 0 Å². The number of carboxylic acid groups (broad SMARTS) is 1. The molecule has 2 heterocycles. The average Bonchev–Trinajstić information content (AvgIpc) is 2.64. The number of aryl methyl sites for hydroxylation is 1. The Morgan fingerprint density at radius 3 is 3.06 bits per heavy atom. The van der Waals surface area contributed by atoms with E-state index in [0.717, 1.165) is 31.5 Å². The van der Waals surface area contributed by atoms with Crippen molar-refractivity contribution in [2.24, 2.45) is 7.05 Å². The molecule has 0 aliphatic carbocycles. The van der Waals surface area contributed by atoms with Crippen molar-refractivity contribution < 1.29 is 9.90 Å². The van der Waals surface area contributed by atoms with Crippen LogP contribution in [-0.2, 0) is 18.4 Å². The molecule has 2 rings (SSSR count). The minimum atomic E-state index is -0.712. The fourth-order valence-corrected chi connectivity index (χ4v) is 2.22. The summed E-state index contributed by atoms with van der Waals surface area (Å²) in [5.41, 5.74) is 0.940. The lowest BCUT2D eigenvalue weighted by molar-refractivity contribution is -0.144. The van der Waals surface area contributed by atoms with Crippen molar-refractivity contribution in [1.29, 1.82) is 0 Å². The summed E-state index contributed by atoms with van der Waals surface area (Å²) in [4.78, 5) is 13.1. The van der Waals surface area contributed by atoms with E-state index < -0.39 is 5.97 Å². The number of aliphatic carboxylic acids is 1. The molecule has 1 aromatic heterocycles. The summed E-state index contributed by atoms with van der Waals surface area (Å²) in [5.74, 6) is -0.712. The van der Waals surface area contributed by atoms with Crippen molar-refractivity contribution in [2.75, 3.05) is 6.54 Å². The van der Waals surface area contributed by atoms with Gasteiger partial charge in [0.15, 0.2) is 0 Å². The van der Waals surface area contributed by atoms with Gasteiger partial charge in [0.25, 0.3) is 0 Å². The van der Waals surface area contributed by atoms with Crippen molar-refractivity contribution >= 4 is 5.97 Å². The summed E-state index contributed by atoms with van der Waals surface area (Å²) >= 11 is 0. The quantitative estimate of drug-likeness (QED) is 0.825. The number of carboxylic acids is 1. The van der Waals surface area contributed by atoms with Crippen LogP contribution in [0.15, 0.2) is 12.3 Å². The Morgan fingerprint density at radius 2 is 2.44 bits per heavy atom. The molecule has 1 unspecified atom stereocenters. The predicted octanol–water partition coefficient (Wildman–Crippen LogP) is 0.859. The third-order valence-electron chi connectivity index (χ3n) is 3.03. The summed E-state index contributed by atoms with van der Waals surface area (Å²) in [7, 11) is 1.87. The molecule has 0 saturated carbocycles. The molecule has 0 amide bonds. The van der Waals surface area contributed by atoms with Crippen LogP contribution in [0.25, 0.3) is 0 Å². The summed E-state index contributed by atoms with van der Waals surface area (Å²) in [6.07, 6.45) is 4.73. The number of carbonyl (C=O) groups is 1. The monoisotopic (exact) mass is 223 g/mol. The minimum absolute atomic E-state index is 0.337. The highest BCUT2D eigenvalue weighted by Crippen LogP contribution is 2.19. The van der Waals surface area contributed by atoms with Gasteiger partial charge in [0.1, 0.15) is 6.04 Å². The predicted molar refractivity (Wildman–Crippen MR) is 58.9 cm³/mol. The van der Waals surface area contributed by atoms with Crippen LogP contribution in [0.5, 0.6) is 0 Å². The van der Waals surface area contributed by atoms with Crippen LogP contribution in [0.4, 0.5) is 0 Å². The Bertz CT molecular complexity index is 375. The summed E-state index contributed by atoms with van der Waals surface area (Å²) < 4.78 is 1.75. The highest BCUT2D eigenvalue weighted by Gasteiger charge is 2.28. The van der Waals surface area contributed by atoms with E-state index in [4.69, 9.17) is 5.11 Å². The standard InChI is InChI=1S/C11H17N3O2/c1-13-7-5-9(12-13)8-14-6-3-2-4-10(14)11(15)16/h5,7,10H,2-4,6,8H2,1H3,(H,15,16). The zero-order valence-electron chi connectivity index (χ0n) is 9.46. The third-order valence-corrected chi connectivity index (χ3v) is 3.03. The maximum absolute atomic E-state index is 11.1. The van der Waals surface area contributed by atoms with Crippen LogP contribution in [-0.4, -0.2) is 38.3 Å². The average molecular weight is 223 g/mol. The van der Waals surface area contributed by atoms with Crippen molar-refractivity contribution in [3.8, 4) is 0 Å². The molecule has 88 valence electrons. The summed E-state index contributed by atoms with van der Waals surface area (Å²) in [6.45, 7) is 1.49. The normalized spacial score (nSPS) is 22.2. The smallest absolute Gasteiger partial charge is 0.320 e. The summed E-state index contributed by atoms with van der Waals surface area (Å²) in [5, 5.41) is 13.4. The van der Waals surface area contributed by atoms with E-state index in [1.165, 1.54) is 0 Å². The van der Waals surface area contributed by atoms with Gasteiger partial charge in [-0.3, -0.25) is 14.4 Å². The van der Waals surface area contributed by atoms with Gasteiger partial charge >= 0.3 is 5.97 Å². The lowest BCUT2D eigenvalue weighted by atomic mass is 10.0. The van der Waals surface area contributed by atoms with Crippen molar-refractivity contribution in [2.45, 2.75) is 31.8 Å². The lowest BCUT2D eigenvalue weighted by Crippen LogP contribution is -2.44. The molecule has 0 aromatic carbocycles. The molecular weight excluding hydrogens is 206 g/mol. The molecule has 1 aliphatic rings. The Morgan fingerprint density at radius 1 is 1.62 bits per heavy atom. The van der Waals surface area contributed by atoms with E-state index in [1.807, 2.05) is 24.2 Å². The maximum atomic E-state index is 11.1. The maximum Gasteiger partial charge on any atom is 0.320 e. The Hall–Kier alpha value is -1.36. The van der Waals surface area contributed by atoms with Gasteiger partial charge in [-0.05, 0) is 25.5 Å². The molecular formula is C11H17N3O2. The molecule has 1 aliphatic heterocycles.